The van der Waals surface area contributed by atoms with Gasteiger partial charge in [0.25, 0.3) is 6.43 Å². The quantitative estimate of drug-likeness (QED) is 0.922. The van der Waals surface area contributed by atoms with Gasteiger partial charge in [-0.05, 0) is 12.5 Å². The van der Waals surface area contributed by atoms with Crippen LogP contribution in [0.5, 0.6) is 0 Å². The van der Waals surface area contributed by atoms with E-state index in [1.807, 2.05) is 11.8 Å². The summed E-state index contributed by atoms with van der Waals surface area (Å²) in [5.74, 6) is 2.21. The zero-order chi connectivity index (χ0) is 13.8. The predicted octanol–water partition coefficient (Wildman–Crippen LogP) is 3.06. The van der Waals surface area contributed by atoms with Crippen LogP contribution >= 0.6 is 11.8 Å². The van der Waals surface area contributed by atoms with Gasteiger partial charge in [-0.25, -0.2) is 8.78 Å². The van der Waals surface area contributed by atoms with Gasteiger partial charge >= 0.3 is 0 Å². The summed E-state index contributed by atoms with van der Waals surface area (Å²) in [6.07, 6.45) is -2.41. The molecule has 1 aromatic carbocycles. The van der Waals surface area contributed by atoms with Crippen molar-refractivity contribution >= 4 is 11.8 Å². The molecule has 5 heteroatoms. The molecule has 1 aliphatic heterocycles. The second kappa shape index (κ2) is 6.68. The average Bonchev–Trinajstić information content (AvgIpc) is 2.42. The van der Waals surface area contributed by atoms with Crippen LogP contribution in [0.15, 0.2) is 24.3 Å². The zero-order valence-corrected chi connectivity index (χ0v) is 11.9. The van der Waals surface area contributed by atoms with Gasteiger partial charge in [-0.3, -0.25) is 4.90 Å². The van der Waals surface area contributed by atoms with Crippen LogP contribution in [0.1, 0.15) is 30.5 Å². The largest absolute Gasteiger partial charge is 0.329 e. The number of hydrogen-bond donors (Lipinski definition) is 1. The lowest BCUT2D eigenvalue weighted by Gasteiger charge is -2.39. The standard InChI is InChI=1S/C14H20F2N2S/c1-10-9-19-7-6-18(10)13(8-17)11-2-4-12(5-3-11)14(15)16/h2-5,10,13-14H,6-9,17H2,1H3. The summed E-state index contributed by atoms with van der Waals surface area (Å²) in [6.45, 7) is 3.72. The highest BCUT2D eigenvalue weighted by Crippen LogP contribution is 2.28. The number of hydrogen-bond acceptors (Lipinski definition) is 3. The van der Waals surface area contributed by atoms with Gasteiger partial charge in [0.05, 0.1) is 0 Å². The molecule has 0 amide bonds. The predicted molar refractivity (Wildman–Crippen MR) is 76.7 cm³/mol. The highest BCUT2D eigenvalue weighted by Gasteiger charge is 2.26. The smallest absolute Gasteiger partial charge is 0.263 e. The van der Waals surface area contributed by atoms with Crippen LogP contribution in [-0.4, -0.2) is 35.5 Å². The minimum absolute atomic E-state index is 0.0711. The lowest BCUT2D eigenvalue weighted by Crippen LogP contribution is -2.45. The Labute approximate surface area is 117 Å². The van der Waals surface area contributed by atoms with Crippen LogP contribution in [-0.2, 0) is 0 Å². The molecule has 0 aliphatic carbocycles. The molecule has 2 nitrogen and oxygen atoms in total. The van der Waals surface area contributed by atoms with Crippen LogP contribution < -0.4 is 5.73 Å². The fraction of sp³-hybridized carbons (Fsp3) is 0.571. The highest BCUT2D eigenvalue weighted by atomic mass is 32.2. The third kappa shape index (κ3) is 3.46. The van der Waals surface area contributed by atoms with Crippen molar-refractivity contribution in [2.45, 2.75) is 25.4 Å². The van der Waals surface area contributed by atoms with E-state index in [9.17, 15) is 8.78 Å². The highest BCUT2D eigenvalue weighted by molar-refractivity contribution is 7.99. The molecule has 0 radical (unpaired) electrons. The SMILES string of the molecule is CC1CSCCN1C(CN)c1ccc(C(F)F)cc1. The van der Waals surface area contributed by atoms with Crippen molar-refractivity contribution in [3.05, 3.63) is 35.4 Å². The van der Waals surface area contributed by atoms with Crippen LogP contribution in [0.25, 0.3) is 0 Å². The van der Waals surface area contributed by atoms with E-state index in [0.717, 1.165) is 23.6 Å². The minimum atomic E-state index is -2.41. The first-order valence-electron chi connectivity index (χ1n) is 6.55. The van der Waals surface area contributed by atoms with Crippen LogP contribution in [0, 0.1) is 0 Å². The van der Waals surface area contributed by atoms with E-state index in [1.165, 1.54) is 12.1 Å². The van der Waals surface area contributed by atoms with Gasteiger partial charge in [-0.1, -0.05) is 24.3 Å². The first-order valence-corrected chi connectivity index (χ1v) is 7.70. The summed E-state index contributed by atoms with van der Waals surface area (Å²) >= 11 is 1.95. The molecule has 0 spiro atoms. The van der Waals surface area contributed by atoms with Crippen LogP contribution in [0.2, 0.25) is 0 Å². The Bertz CT molecular complexity index is 397. The van der Waals surface area contributed by atoms with E-state index >= 15 is 0 Å². The Hall–Kier alpha value is -0.650. The lowest BCUT2D eigenvalue weighted by atomic mass is 10.0. The summed E-state index contributed by atoms with van der Waals surface area (Å²) in [5, 5.41) is 0. The molecule has 1 aromatic rings. The topological polar surface area (TPSA) is 29.3 Å². The molecule has 2 rings (SSSR count). The van der Waals surface area contributed by atoms with Crippen molar-refractivity contribution in [3.63, 3.8) is 0 Å². The summed E-state index contributed by atoms with van der Waals surface area (Å²) in [4.78, 5) is 2.38. The molecule has 106 valence electrons. The summed E-state index contributed by atoms with van der Waals surface area (Å²) in [7, 11) is 0. The first kappa shape index (κ1) is 14.8. The molecule has 0 saturated carbocycles. The third-order valence-corrected chi connectivity index (χ3v) is 4.81. The van der Waals surface area contributed by atoms with Gasteiger partial charge in [0.15, 0.2) is 0 Å². The lowest BCUT2D eigenvalue weighted by molar-refractivity contribution is 0.150. The Kier molecular flexibility index (Phi) is 5.19. The van der Waals surface area contributed by atoms with Crippen molar-refractivity contribution in [1.82, 2.24) is 4.90 Å². The Balaban J connectivity index is 2.16. The Morgan fingerprint density at radius 3 is 2.47 bits per heavy atom. The molecule has 2 N–H and O–H groups in total. The van der Waals surface area contributed by atoms with E-state index in [0.29, 0.717) is 12.6 Å². The summed E-state index contributed by atoms with van der Waals surface area (Å²) in [5.41, 5.74) is 7.00. The van der Waals surface area contributed by atoms with Crippen molar-refractivity contribution < 1.29 is 8.78 Å². The average molecular weight is 286 g/mol. The number of rotatable bonds is 4. The monoisotopic (exact) mass is 286 g/mol. The Morgan fingerprint density at radius 1 is 1.32 bits per heavy atom. The maximum atomic E-state index is 12.6. The maximum absolute atomic E-state index is 12.6. The minimum Gasteiger partial charge on any atom is -0.329 e. The Morgan fingerprint density at radius 2 is 1.95 bits per heavy atom. The molecule has 2 atom stereocenters. The van der Waals surface area contributed by atoms with Crippen molar-refractivity contribution in [2.24, 2.45) is 5.73 Å². The normalized spacial score (nSPS) is 22.7. The van der Waals surface area contributed by atoms with Crippen molar-refractivity contribution in [1.29, 1.82) is 0 Å². The van der Waals surface area contributed by atoms with Gasteiger partial charge in [0, 0.05) is 42.2 Å². The number of nitrogens with two attached hydrogens (primary N) is 1. The van der Waals surface area contributed by atoms with Crippen molar-refractivity contribution in [2.75, 3.05) is 24.6 Å². The third-order valence-electron chi connectivity index (χ3n) is 3.62. The number of alkyl halides is 2. The van der Waals surface area contributed by atoms with Gasteiger partial charge in [-0.2, -0.15) is 11.8 Å². The molecule has 1 aliphatic rings. The fourth-order valence-corrected chi connectivity index (χ4v) is 3.57. The summed E-state index contributed by atoms with van der Waals surface area (Å²) < 4.78 is 25.1. The molecule has 2 unspecified atom stereocenters. The van der Waals surface area contributed by atoms with Gasteiger partial charge < -0.3 is 5.73 Å². The van der Waals surface area contributed by atoms with Gasteiger partial charge in [0.2, 0.25) is 0 Å². The number of nitrogens with zero attached hydrogens (tertiary/aromatic N) is 1. The first-order chi connectivity index (χ1) is 9.13. The number of halogens is 2. The molecule has 19 heavy (non-hydrogen) atoms. The zero-order valence-electron chi connectivity index (χ0n) is 11.1. The number of benzene rings is 1. The van der Waals surface area contributed by atoms with Crippen LogP contribution in [0.4, 0.5) is 8.78 Å². The number of thioether (sulfide) groups is 1. The summed E-state index contributed by atoms with van der Waals surface area (Å²) in [6, 6.07) is 7.18. The second-order valence-electron chi connectivity index (χ2n) is 4.88. The van der Waals surface area contributed by atoms with E-state index in [-0.39, 0.29) is 11.6 Å². The second-order valence-corrected chi connectivity index (χ2v) is 6.03. The van der Waals surface area contributed by atoms with E-state index in [4.69, 9.17) is 5.73 Å². The maximum Gasteiger partial charge on any atom is 0.263 e. The van der Waals surface area contributed by atoms with E-state index < -0.39 is 6.43 Å². The molecule has 1 heterocycles. The van der Waals surface area contributed by atoms with E-state index in [2.05, 4.69) is 11.8 Å². The van der Waals surface area contributed by atoms with Gasteiger partial charge in [0.1, 0.15) is 0 Å². The molecular formula is C14H20F2N2S. The molecule has 0 aromatic heterocycles. The van der Waals surface area contributed by atoms with Gasteiger partial charge in [-0.15, -0.1) is 0 Å². The van der Waals surface area contributed by atoms with Crippen molar-refractivity contribution in [3.8, 4) is 0 Å². The fourth-order valence-electron chi connectivity index (χ4n) is 2.53. The van der Waals surface area contributed by atoms with Crippen LogP contribution in [0.3, 0.4) is 0 Å². The molecule has 1 fully saturated rings. The molecular weight excluding hydrogens is 266 g/mol. The van der Waals surface area contributed by atoms with E-state index in [1.54, 1.807) is 12.1 Å². The molecule has 0 bridgehead atoms. The molecule has 1 saturated heterocycles.